The predicted octanol–water partition coefficient (Wildman–Crippen LogP) is 2.07. The van der Waals surface area contributed by atoms with E-state index in [4.69, 9.17) is 14.2 Å². The molecule has 0 atom stereocenters. The number of hydrogen-bond acceptors (Lipinski definition) is 7. The molecule has 0 aliphatic rings. The molecule has 0 aliphatic carbocycles. The number of aromatic nitrogens is 2. The van der Waals surface area contributed by atoms with Gasteiger partial charge in [0, 0.05) is 23.2 Å². The van der Waals surface area contributed by atoms with Crippen molar-refractivity contribution < 1.29 is 14.2 Å². The van der Waals surface area contributed by atoms with Crippen LogP contribution in [0.5, 0.6) is 10.4 Å². The molecule has 5 nitrogen and oxygen atoms in total. The van der Waals surface area contributed by atoms with E-state index in [0.29, 0.717) is 36.8 Å². The molecular weight excluding hydrogens is 260 g/mol. The van der Waals surface area contributed by atoms with Gasteiger partial charge in [0.1, 0.15) is 13.2 Å². The lowest BCUT2D eigenvalue weighted by Crippen LogP contribution is -2.11. The third-order valence-electron chi connectivity index (χ3n) is 1.73. The van der Waals surface area contributed by atoms with E-state index in [1.807, 2.05) is 10.8 Å². The molecule has 0 spiro atoms. The largest absolute Gasteiger partial charge is 0.468 e. The molecule has 92 valence electrons. The van der Waals surface area contributed by atoms with Crippen molar-refractivity contribution in [3.63, 3.8) is 0 Å². The van der Waals surface area contributed by atoms with Crippen molar-refractivity contribution in [3.8, 4) is 10.4 Å². The summed E-state index contributed by atoms with van der Waals surface area (Å²) >= 11 is 2.94. The van der Waals surface area contributed by atoms with Crippen molar-refractivity contribution in [2.24, 2.45) is 0 Å². The minimum atomic E-state index is 0.505. The van der Waals surface area contributed by atoms with E-state index in [9.17, 15) is 0 Å². The predicted molar refractivity (Wildman–Crippen MR) is 66.0 cm³/mol. The van der Waals surface area contributed by atoms with Crippen molar-refractivity contribution in [2.75, 3.05) is 26.4 Å². The molecule has 0 N–H and O–H groups in total. The zero-order valence-electron chi connectivity index (χ0n) is 9.07. The summed E-state index contributed by atoms with van der Waals surface area (Å²) in [5.41, 5.74) is 0. The molecule has 0 fully saturated rings. The molecule has 7 heteroatoms. The van der Waals surface area contributed by atoms with Crippen LogP contribution in [0.25, 0.3) is 0 Å². The Hall–Kier alpha value is -1.18. The second kappa shape index (κ2) is 7.21. The highest BCUT2D eigenvalue weighted by Crippen LogP contribution is 2.13. The Morgan fingerprint density at radius 3 is 1.76 bits per heavy atom. The fourth-order valence-corrected chi connectivity index (χ4v) is 2.06. The summed E-state index contributed by atoms with van der Waals surface area (Å²) in [5.74, 6) is 0. The van der Waals surface area contributed by atoms with Gasteiger partial charge in [-0.15, -0.1) is 0 Å². The highest BCUT2D eigenvalue weighted by Gasteiger charge is 1.97. The van der Waals surface area contributed by atoms with E-state index in [1.165, 1.54) is 22.7 Å². The minimum absolute atomic E-state index is 0.505. The van der Waals surface area contributed by atoms with Crippen molar-refractivity contribution >= 4 is 22.7 Å². The van der Waals surface area contributed by atoms with Crippen molar-refractivity contribution in [1.29, 1.82) is 0 Å². The van der Waals surface area contributed by atoms with Crippen LogP contribution in [0.3, 0.4) is 0 Å². The molecule has 0 amide bonds. The van der Waals surface area contributed by atoms with Crippen LogP contribution in [-0.4, -0.2) is 36.4 Å². The number of thiazole rings is 2. The summed E-state index contributed by atoms with van der Waals surface area (Å²) < 4.78 is 16.0. The van der Waals surface area contributed by atoms with E-state index >= 15 is 0 Å². The van der Waals surface area contributed by atoms with Crippen LogP contribution in [0.15, 0.2) is 23.2 Å². The SMILES string of the molecule is c1csc(OCCOCCOc2nccs2)n1. The van der Waals surface area contributed by atoms with E-state index in [2.05, 4.69) is 9.97 Å². The maximum absolute atomic E-state index is 5.33. The molecule has 0 aliphatic heterocycles. The molecular formula is C10H12N2O3S2. The van der Waals surface area contributed by atoms with Gasteiger partial charge in [-0.1, -0.05) is 22.7 Å². The lowest BCUT2D eigenvalue weighted by molar-refractivity contribution is 0.0763. The van der Waals surface area contributed by atoms with Crippen molar-refractivity contribution in [3.05, 3.63) is 23.2 Å². The van der Waals surface area contributed by atoms with Crippen LogP contribution in [-0.2, 0) is 4.74 Å². The van der Waals surface area contributed by atoms with Crippen LogP contribution in [0.4, 0.5) is 0 Å². The molecule has 2 aromatic heterocycles. The molecule has 0 saturated heterocycles. The monoisotopic (exact) mass is 272 g/mol. The van der Waals surface area contributed by atoms with Crippen LogP contribution < -0.4 is 9.47 Å². The zero-order chi connectivity index (χ0) is 11.8. The van der Waals surface area contributed by atoms with E-state index in [1.54, 1.807) is 12.4 Å². The summed E-state index contributed by atoms with van der Waals surface area (Å²) in [6, 6.07) is 0. The standard InChI is InChI=1S/C10H12N2O3S2/c1-7-16-9(11-1)14-5-3-13-4-6-15-10-12-2-8-17-10/h1-2,7-8H,3-6H2. The molecule has 2 aromatic rings. The molecule has 17 heavy (non-hydrogen) atoms. The molecule has 2 heterocycles. The van der Waals surface area contributed by atoms with Gasteiger partial charge in [0.05, 0.1) is 13.2 Å². The van der Waals surface area contributed by atoms with E-state index in [0.717, 1.165) is 0 Å². The lowest BCUT2D eigenvalue weighted by atomic mass is 10.7. The van der Waals surface area contributed by atoms with Gasteiger partial charge in [0.2, 0.25) is 0 Å². The highest BCUT2D eigenvalue weighted by molar-refractivity contribution is 7.11. The first-order valence-corrected chi connectivity index (χ1v) is 6.83. The highest BCUT2D eigenvalue weighted by atomic mass is 32.1. The first kappa shape index (κ1) is 12.3. The average molecular weight is 272 g/mol. The van der Waals surface area contributed by atoms with Gasteiger partial charge >= 0.3 is 0 Å². The molecule has 0 unspecified atom stereocenters. The molecule has 0 radical (unpaired) electrons. The Morgan fingerprint density at radius 1 is 0.824 bits per heavy atom. The molecule has 2 rings (SSSR count). The molecule has 0 aromatic carbocycles. The van der Waals surface area contributed by atoms with Gasteiger partial charge in [-0.25, -0.2) is 9.97 Å². The first-order valence-electron chi connectivity index (χ1n) is 5.07. The second-order valence-corrected chi connectivity index (χ2v) is 4.62. The summed E-state index contributed by atoms with van der Waals surface area (Å²) in [7, 11) is 0. The van der Waals surface area contributed by atoms with Gasteiger partial charge in [-0.3, -0.25) is 0 Å². The Labute approximate surface area is 107 Å². The van der Waals surface area contributed by atoms with Gasteiger partial charge in [-0.05, 0) is 0 Å². The third-order valence-corrected chi connectivity index (χ3v) is 3.09. The van der Waals surface area contributed by atoms with Gasteiger partial charge in [0.25, 0.3) is 10.4 Å². The van der Waals surface area contributed by atoms with E-state index in [-0.39, 0.29) is 0 Å². The molecule has 0 bridgehead atoms. The maximum atomic E-state index is 5.33. The van der Waals surface area contributed by atoms with Crippen molar-refractivity contribution in [1.82, 2.24) is 9.97 Å². The van der Waals surface area contributed by atoms with Gasteiger partial charge in [-0.2, -0.15) is 0 Å². The number of ether oxygens (including phenoxy) is 3. The maximum Gasteiger partial charge on any atom is 0.273 e. The topological polar surface area (TPSA) is 53.5 Å². The summed E-state index contributed by atoms with van der Waals surface area (Å²) in [4.78, 5) is 7.99. The van der Waals surface area contributed by atoms with Gasteiger partial charge in [0.15, 0.2) is 0 Å². The normalized spacial score (nSPS) is 10.4. The fourth-order valence-electron chi connectivity index (χ4n) is 1.04. The van der Waals surface area contributed by atoms with E-state index < -0.39 is 0 Å². The van der Waals surface area contributed by atoms with Crippen LogP contribution in [0, 0.1) is 0 Å². The van der Waals surface area contributed by atoms with Crippen LogP contribution in [0.2, 0.25) is 0 Å². The van der Waals surface area contributed by atoms with Crippen LogP contribution >= 0.6 is 22.7 Å². The molecule has 0 saturated carbocycles. The average Bonchev–Trinajstić information content (AvgIpc) is 3.00. The summed E-state index contributed by atoms with van der Waals surface area (Å²) in [5, 5.41) is 5.09. The first-order chi connectivity index (χ1) is 8.45. The Morgan fingerprint density at radius 2 is 1.35 bits per heavy atom. The van der Waals surface area contributed by atoms with Crippen molar-refractivity contribution in [2.45, 2.75) is 0 Å². The number of hydrogen-bond donors (Lipinski definition) is 0. The smallest absolute Gasteiger partial charge is 0.273 e. The third kappa shape index (κ3) is 4.68. The number of nitrogens with zero attached hydrogens (tertiary/aromatic N) is 2. The fraction of sp³-hybridized carbons (Fsp3) is 0.400. The summed E-state index contributed by atoms with van der Waals surface area (Å²) in [6.45, 7) is 2.07. The van der Waals surface area contributed by atoms with Gasteiger partial charge < -0.3 is 14.2 Å². The van der Waals surface area contributed by atoms with Crippen LogP contribution in [0.1, 0.15) is 0 Å². The quantitative estimate of drug-likeness (QED) is 0.689. The summed E-state index contributed by atoms with van der Waals surface area (Å²) in [6.07, 6.45) is 3.42. The Kier molecular flexibility index (Phi) is 5.21. The minimum Gasteiger partial charge on any atom is -0.468 e. The second-order valence-electron chi connectivity index (χ2n) is 2.91. The lowest BCUT2D eigenvalue weighted by Gasteiger charge is -2.05. The number of rotatable bonds is 8. The Balaban J connectivity index is 1.44. The Bertz CT molecular complexity index is 353. The zero-order valence-corrected chi connectivity index (χ0v) is 10.7.